The molecule has 3 rings (SSSR count). The summed E-state index contributed by atoms with van der Waals surface area (Å²) in [4.78, 5) is 0. The van der Waals surface area contributed by atoms with Gasteiger partial charge in [-0.15, -0.1) is 0 Å². The van der Waals surface area contributed by atoms with E-state index in [0.29, 0.717) is 4.48 Å². The number of hydrogen-bond acceptors (Lipinski definition) is 5. The van der Waals surface area contributed by atoms with Crippen molar-refractivity contribution in [2.24, 2.45) is 0 Å². The molecule has 3 aromatic rings. The van der Waals surface area contributed by atoms with Crippen molar-refractivity contribution in [2.45, 2.75) is 31.1 Å². The van der Waals surface area contributed by atoms with E-state index in [4.69, 9.17) is 9.47 Å². The van der Waals surface area contributed by atoms with Crippen molar-refractivity contribution in [1.29, 1.82) is 0 Å². The van der Waals surface area contributed by atoms with Crippen LogP contribution in [0.1, 0.15) is 29.8 Å². The summed E-state index contributed by atoms with van der Waals surface area (Å²) in [6.45, 7) is 2.44. The number of nitrogens with one attached hydrogen (secondary N) is 1. The lowest BCUT2D eigenvalue weighted by Gasteiger charge is -2.30. The molecule has 1 unspecified atom stereocenters. The molecule has 0 aliphatic heterocycles. The summed E-state index contributed by atoms with van der Waals surface area (Å²) in [5.41, 5.74) is 2.47. The zero-order valence-corrected chi connectivity index (χ0v) is 20.9. The molecule has 0 spiro atoms. The van der Waals surface area contributed by atoms with Crippen LogP contribution in [0.4, 0.5) is 0 Å². The number of quaternary nitrogens is 1. The second-order valence-corrected chi connectivity index (χ2v) is 10.8. The third kappa shape index (κ3) is 5.93. The van der Waals surface area contributed by atoms with E-state index in [9.17, 15) is 8.42 Å². The zero-order valence-electron chi connectivity index (χ0n) is 20.1. The number of hydrogen-bond donors (Lipinski definition) is 1. The minimum absolute atomic E-state index is 0.0137. The Morgan fingerprint density at radius 2 is 1.36 bits per heavy atom. The van der Waals surface area contributed by atoms with Gasteiger partial charge in [0, 0.05) is 19.2 Å². The van der Waals surface area contributed by atoms with Gasteiger partial charge in [0.2, 0.25) is 0 Å². The number of ether oxygens (including phenoxy) is 2. The van der Waals surface area contributed by atoms with Gasteiger partial charge in [0.25, 0.3) is 10.0 Å². The topological polar surface area (TPSA) is 84.5 Å². The van der Waals surface area contributed by atoms with Gasteiger partial charge in [-0.05, 0) is 42.3 Å². The first-order valence-electron chi connectivity index (χ1n) is 10.7. The fraction of sp³-hybridized carbons (Fsp3) is 0.375. The Hall–Kier alpha value is -2.88. The highest BCUT2D eigenvalue weighted by molar-refractivity contribution is 7.89. The number of sulfonamides is 1. The second-order valence-electron chi connectivity index (χ2n) is 8.92. The number of nitrogens with zero attached hydrogens (tertiary/aromatic N) is 3. The van der Waals surface area contributed by atoms with Crippen molar-refractivity contribution >= 4 is 10.0 Å². The number of rotatable bonds is 10. The lowest BCUT2D eigenvalue weighted by atomic mass is 10.2. The van der Waals surface area contributed by atoms with Crippen LogP contribution in [0, 0.1) is 0 Å². The minimum Gasteiger partial charge on any atom is -0.497 e. The molecule has 178 valence electrons. The maximum Gasteiger partial charge on any atom is 0.262 e. The Morgan fingerprint density at radius 3 is 1.76 bits per heavy atom. The highest BCUT2D eigenvalue weighted by Crippen LogP contribution is 2.26. The molecule has 0 saturated heterocycles. The maximum absolute atomic E-state index is 13.7. The maximum atomic E-state index is 13.7. The van der Waals surface area contributed by atoms with E-state index in [1.165, 1.54) is 4.31 Å². The number of aromatic amines is 1. The first-order chi connectivity index (χ1) is 15.5. The van der Waals surface area contributed by atoms with Crippen LogP contribution in [-0.2, 0) is 23.1 Å². The van der Waals surface area contributed by atoms with E-state index in [2.05, 4.69) is 31.3 Å². The number of aromatic nitrogens is 2. The van der Waals surface area contributed by atoms with Crippen LogP contribution in [0.2, 0.25) is 0 Å². The summed E-state index contributed by atoms with van der Waals surface area (Å²) in [6, 6.07) is 16.4. The average molecular weight is 474 g/mol. The van der Waals surface area contributed by atoms with Gasteiger partial charge in [0.15, 0.2) is 5.03 Å². The summed E-state index contributed by atoms with van der Waals surface area (Å²) in [5.74, 6) is 1.43. The molecule has 1 heterocycles. The molecule has 0 radical (unpaired) electrons. The van der Waals surface area contributed by atoms with Crippen LogP contribution in [-0.4, -0.2) is 62.8 Å². The fourth-order valence-corrected chi connectivity index (χ4v) is 4.65. The smallest absolute Gasteiger partial charge is 0.262 e. The molecule has 1 N–H and O–H groups in total. The van der Waals surface area contributed by atoms with Crippen molar-refractivity contribution < 1.29 is 22.4 Å². The zero-order chi connectivity index (χ0) is 24.2. The Labute approximate surface area is 196 Å². The van der Waals surface area contributed by atoms with Gasteiger partial charge in [-0.3, -0.25) is 5.10 Å². The lowest BCUT2D eigenvalue weighted by Crippen LogP contribution is -2.37. The summed E-state index contributed by atoms with van der Waals surface area (Å²) in [7, 11) is 5.50. The molecular weight excluding hydrogens is 440 g/mol. The number of H-pyrrole nitrogens is 1. The summed E-state index contributed by atoms with van der Waals surface area (Å²) in [5, 5.41) is 7.12. The molecule has 0 amide bonds. The summed E-state index contributed by atoms with van der Waals surface area (Å²) >= 11 is 0. The number of methoxy groups -OCH3 is 2. The van der Waals surface area contributed by atoms with Gasteiger partial charge >= 0.3 is 0 Å². The number of benzene rings is 2. The quantitative estimate of drug-likeness (QED) is 0.455. The summed E-state index contributed by atoms with van der Waals surface area (Å²) in [6.07, 6.45) is 0. The van der Waals surface area contributed by atoms with Crippen LogP contribution in [0.5, 0.6) is 11.5 Å². The SMILES string of the molecule is COc1ccc(CN(Cc2ccc(OC)cc2)S(=O)(=O)c2cc(C(C)[N+](C)(C)C)[nH]n2)cc1. The molecule has 1 atom stereocenters. The van der Waals surface area contributed by atoms with E-state index in [1.54, 1.807) is 20.3 Å². The fourth-order valence-electron chi connectivity index (χ4n) is 3.31. The molecule has 33 heavy (non-hydrogen) atoms. The van der Waals surface area contributed by atoms with Crippen LogP contribution in [0.3, 0.4) is 0 Å². The monoisotopic (exact) mass is 473 g/mol. The first kappa shape index (κ1) is 24.8. The van der Waals surface area contributed by atoms with Crippen molar-refractivity contribution in [3.8, 4) is 11.5 Å². The van der Waals surface area contributed by atoms with E-state index >= 15 is 0 Å². The van der Waals surface area contributed by atoms with E-state index in [1.807, 2.05) is 55.5 Å². The molecule has 0 fully saturated rings. The van der Waals surface area contributed by atoms with Crippen molar-refractivity contribution in [2.75, 3.05) is 35.4 Å². The Balaban J connectivity index is 1.94. The molecule has 0 aliphatic rings. The predicted molar refractivity (Wildman–Crippen MR) is 127 cm³/mol. The first-order valence-corrected chi connectivity index (χ1v) is 12.1. The Kier molecular flexibility index (Phi) is 7.46. The minimum atomic E-state index is -3.87. The summed E-state index contributed by atoms with van der Waals surface area (Å²) < 4.78 is 39.8. The molecule has 1 aromatic heterocycles. The third-order valence-electron chi connectivity index (χ3n) is 5.83. The van der Waals surface area contributed by atoms with Crippen LogP contribution >= 0.6 is 0 Å². The van der Waals surface area contributed by atoms with Crippen LogP contribution in [0.25, 0.3) is 0 Å². The normalized spacial score (nSPS) is 13.2. The van der Waals surface area contributed by atoms with Crippen molar-refractivity contribution in [3.63, 3.8) is 0 Å². The van der Waals surface area contributed by atoms with Gasteiger partial charge in [-0.25, -0.2) is 8.42 Å². The van der Waals surface area contributed by atoms with Crippen LogP contribution < -0.4 is 9.47 Å². The van der Waals surface area contributed by atoms with Gasteiger partial charge in [-0.2, -0.15) is 9.40 Å². The predicted octanol–water partition coefficient (Wildman–Crippen LogP) is 3.59. The Morgan fingerprint density at radius 1 is 0.909 bits per heavy atom. The Bertz CT molecular complexity index is 1100. The highest BCUT2D eigenvalue weighted by atomic mass is 32.2. The largest absolute Gasteiger partial charge is 0.497 e. The highest BCUT2D eigenvalue weighted by Gasteiger charge is 2.30. The average Bonchev–Trinajstić information content (AvgIpc) is 3.29. The third-order valence-corrected chi connectivity index (χ3v) is 7.50. The van der Waals surface area contributed by atoms with E-state index < -0.39 is 10.0 Å². The molecule has 0 saturated carbocycles. The molecule has 0 bridgehead atoms. The second kappa shape index (κ2) is 9.94. The van der Waals surface area contributed by atoms with E-state index in [-0.39, 0.29) is 24.2 Å². The molecule has 9 heteroatoms. The molecule has 0 aliphatic carbocycles. The standard InChI is InChI=1S/C24H33N4O4S/c1-18(28(2,3)4)23-15-24(26-25-23)33(29,30)27(16-19-7-11-21(31-5)12-8-19)17-20-9-13-22(32-6)14-10-20/h7-15,18H,16-17H2,1-6H3,(H,25,26)/q+1. The van der Waals surface area contributed by atoms with Crippen molar-refractivity contribution in [3.05, 3.63) is 71.4 Å². The van der Waals surface area contributed by atoms with Gasteiger partial charge in [-0.1, -0.05) is 24.3 Å². The van der Waals surface area contributed by atoms with Crippen LogP contribution in [0.15, 0.2) is 59.6 Å². The van der Waals surface area contributed by atoms with Gasteiger partial charge < -0.3 is 14.0 Å². The van der Waals surface area contributed by atoms with Gasteiger partial charge in [0.05, 0.1) is 41.1 Å². The molecule has 2 aromatic carbocycles. The van der Waals surface area contributed by atoms with Crippen molar-refractivity contribution in [1.82, 2.24) is 14.5 Å². The lowest BCUT2D eigenvalue weighted by molar-refractivity contribution is -0.900. The molecular formula is C24H33N4O4S+. The van der Waals surface area contributed by atoms with Gasteiger partial charge in [0.1, 0.15) is 17.5 Å². The molecule has 8 nitrogen and oxygen atoms in total. The van der Waals surface area contributed by atoms with E-state index in [0.717, 1.165) is 28.3 Å².